The average Bonchev–Trinajstić information content (AvgIpc) is 2.85. The standard InChI is InChI=1S/C11H12F2N4O/c1-2-7-4-10(16-6-15-7)14-5-8-3-9(11(12)13)18-17-8/h3-4,6,11H,2,5H2,1H3,(H,14,15,16). The third kappa shape index (κ3) is 2.99. The first-order chi connectivity index (χ1) is 8.69. The average molecular weight is 254 g/mol. The van der Waals surface area contributed by atoms with Gasteiger partial charge in [0, 0.05) is 17.8 Å². The zero-order valence-corrected chi connectivity index (χ0v) is 9.73. The SMILES string of the molecule is CCc1cc(NCc2cc(C(F)F)on2)ncn1. The number of anilines is 1. The summed E-state index contributed by atoms with van der Waals surface area (Å²) in [5.41, 5.74) is 1.31. The van der Waals surface area contributed by atoms with Crippen LogP contribution in [0.4, 0.5) is 14.6 Å². The number of halogens is 2. The first-order valence-electron chi connectivity index (χ1n) is 5.47. The molecule has 0 aliphatic rings. The smallest absolute Gasteiger partial charge is 0.298 e. The van der Waals surface area contributed by atoms with E-state index >= 15 is 0 Å². The number of aryl methyl sites for hydroxylation is 1. The lowest BCUT2D eigenvalue weighted by Gasteiger charge is -2.03. The van der Waals surface area contributed by atoms with E-state index in [0.717, 1.165) is 12.1 Å². The molecule has 0 amide bonds. The Morgan fingerprint density at radius 2 is 2.11 bits per heavy atom. The summed E-state index contributed by atoms with van der Waals surface area (Å²) >= 11 is 0. The van der Waals surface area contributed by atoms with Crippen molar-refractivity contribution in [1.82, 2.24) is 15.1 Å². The predicted octanol–water partition coefficient (Wildman–Crippen LogP) is 2.58. The molecule has 2 heterocycles. The lowest BCUT2D eigenvalue weighted by Crippen LogP contribution is -2.02. The van der Waals surface area contributed by atoms with Crippen LogP contribution in [0.25, 0.3) is 0 Å². The van der Waals surface area contributed by atoms with E-state index < -0.39 is 12.2 Å². The molecule has 0 unspecified atom stereocenters. The van der Waals surface area contributed by atoms with Crippen molar-refractivity contribution in [2.45, 2.75) is 26.3 Å². The normalized spacial score (nSPS) is 10.9. The highest BCUT2D eigenvalue weighted by Crippen LogP contribution is 2.19. The van der Waals surface area contributed by atoms with Crippen LogP contribution in [0, 0.1) is 0 Å². The minimum atomic E-state index is -2.64. The van der Waals surface area contributed by atoms with E-state index in [4.69, 9.17) is 0 Å². The predicted molar refractivity (Wildman–Crippen MR) is 60.2 cm³/mol. The topological polar surface area (TPSA) is 63.8 Å². The van der Waals surface area contributed by atoms with Crippen LogP contribution in [0.1, 0.15) is 30.5 Å². The van der Waals surface area contributed by atoms with Crippen LogP contribution < -0.4 is 5.32 Å². The van der Waals surface area contributed by atoms with E-state index in [2.05, 4.69) is 25.0 Å². The molecule has 2 rings (SSSR count). The maximum Gasteiger partial charge on any atom is 0.298 e. The molecular weight excluding hydrogens is 242 g/mol. The van der Waals surface area contributed by atoms with Gasteiger partial charge in [0.15, 0.2) is 0 Å². The van der Waals surface area contributed by atoms with Crippen molar-refractivity contribution in [1.29, 1.82) is 0 Å². The summed E-state index contributed by atoms with van der Waals surface area (Å²) in [5, 5.41) is 6.50. The molecule has 0 spiro atoms. The van der Waals surface area contributed by atoms with E-state index in [0.29, 0.717) is 11.5 Å². The lowest BCUT2D eigenvalue weighted by atomic mass is 10.3. The molecule has 7 heteroatoms. The fourth-order valence-electron chi connectivity index (χ4n) is 1.38. The van der Waals surface area contributed by atoms with Gasteiger partial charge in [-0.25, -0.2) is 18.7 Å². The van der Waals surface area contributed by atoms with Crippen LogP contribution in [-0.2, 0) is 13.0 Å². The Kier molecular flexibility index (Phi) is 3.81. The van der Waals surface area contributed by atoms with Gasteiger partial charge in [0.1, 0.15) is 17.8 Å². The molecular formula is C11H12F2N4O. The van der Waals surface area contributed by atoms with Gasteiger partial charge in [-0.15, -0.1) is 0 Å². The number of hydrogen-bond donors (Lipinski definition) is 1. The minimum absolute atomic E-state index is 0.274. The van der Waals surface area contributed by atoms with Crippen LogP contribution in [0.2, 0.25) is 0 Å². The maximum atomic E-state index is 12.3. The van der Waals surface area contributed by atoms with Gasteiger partial charge in [0.25, 0.3) is 6.43 Å². The molecule has 18 heavy (non-hydrogen) atoms. The molecule has 0 aliphatic heterocycles. The maximum absolute atomic E-state index is 12.3. The van der Waals surface area contributed by atoms with Crippen molar-refractivity contribution in [3.8, 4) is 0 Å². The summed E-state index contributed by atoms with van der Waals surface area (Å²) in [6.45, 7) is 2.26. The van der Waals surface area contributed by atoms with E-state index in [1.165, 1.54) is 12.4 Å². The number of nitrogens with one attached hydrogen (secondary N) is 1. The molecule has 0 atom stereocenters. The number of alkyl halides is 2. The quantitative estimate of drug-likeness (QED) is 0.888. The van der Waals surface area contributed by atoms with Gasteiger partial charge < -0.3 is 9.84 Å². The van der Waals surface area contributed by atoms with Gasteiger partial charge in [0.05, 0.1) is 6.54 Å². The van der Waals surface area contributed by atoms with E-state index in [1.807, 2.05) is 6.92 Å². The van der Waals surface area contributed by atoms with Crippen molar-refractivity contribution in [3.63, 3.8) is 0 Å². The van der Waals surface area contributed by atoms with Gasteiger partial charge in [-0.1, -0.05) is 12.1 Å². The second-order valence-corrected chi connectivity index (χ2v) is 3.62. The highest BCUT2D eigenvalue weighted by molar-refractivity contribution is 5.35. The monoisotopic (exact) mass is 254 g/mol. The second-order valence-electron chi connectivity index (χ2n) is 3.62. The molecule has 0 saturated heterocycles. The molecule has 1 N–H and O–H groups in total. The van der Waals surface area contributed by atoms with Crippen LogP contribution >= 0.6 is 0 Å². The van der Waals surface area contributed by atoms with Gasteiger partial charge in [-0.3, -0.25) is 0 Å². The molecule has 96 valence electrons. The van der Waals surface area contributed by atoms with Crippen molar-refractivity contribution < 1.29 is 13.3 Å². The largest absolute Gasteiger partial charge is 0.364 e. The first kappa shape index (κ1) is 12.4. The van der Waals surface area contributed by atoms with Crippen LogP contribution in [0.3, 0.4) is 0 Å². The molecule has 2 aromatic rings. The highest BCUT2D eigenvalue weighted by atomic mass is 19.3. The number of aromatic nitrogens is 3. The third-order valence-electron chi connectivity index (χ3n) is 2.33. The van der Waals surface area contributed by atoms with Crippen molar-refractivity contribution in [2.75, 3.05) is 5.32 Å². The van der Waals surface area contributed by atoms with Crippen LogP contribution in [0.15, 0.2) is 23.0 Å². The summed E-state index contributed by atoms with van der Waals surface area (Å²) in [4.78, 5) is 8.07. The zero-order chi connectivity index (χ0) is 13.0. The fourth-order valence-corrected chi connectivity index (χ4v) is 1.38. The highest BCUT2D eigenvalue weighted by Gasteiger charge is 2.13. The molecule has 0 bridgehead atoms. The lowest BCUT2D eigenvalue weighted by molar-refractivity contribution is 0.112. The summed E-state index contributed by atoms with van der Waals surface area (Å²) in [5.74, 6) is 0.201. The third-order valence-corrected chi connectivity index (χ3v) is 2.33. The molecule has 0 saturated carbocycles. The summed E-state index contributed by atoms with van der Waals surface area (Å²) in [7, 11) is 0. The van der Waals surface area contributed by atoms with Gasteiger partial charge >= 0.3 is 0 Å². The van der Waals surface area contributed by atoms with Crippen molar-refractivity contribution in [2.24, 2.45) is 0 Å². The first-order valence-corrected chi connectivity index (χ1v) is 5.47. The van der Waals surface area contributed by atoms with Gasteiger partial charge in [-0.05, 0) is 6.42 Å². The Morgan fingerprint density at radius 3 is 2.78 bits per heavy atom. The van der Waals surface area contributed by atoms with Crippen LogP contribution in [0.5, 0.6) is 0 Å². The van der Waals surface area contributed by atoms with E-state index in [-0.39, 0.29) is 6.54 Å². The second kappa shape index (κ2) is 5.52. The van der Waals surface area contributed by atoms with E-state index in [1.54, 1.807) is 6.07 Å². The van der Waals surface area contributed by atoms with Crippen molar-refractivity contribution in [3.05, 3.63) is 35.6 Å². The number of hydrogen-bond acceptors (Lipinski definition) is 5. The minimum Gasteiger partial charge on any atom is -0.364 e. The van der Waals surface area contributed by atoms with Gasteiger partial charge in [0.2, 0.25) is 5.76 Å². The number of nitrogens with zero attached hydrogens (tertiary/aromatic N) is 3. The Hall–Kier alpha value is -2.05. The van der Waals surface area contributed by atoms with E-state index in [9.17, 15) is 8.78 Å². The molecule has 0 fully saturated rings. The van der Waals surface area contributed by atoms with Crippen LogP contribution in [-0.4, -0.2) is 15.1 Å². The molecule has 0 aromatic carbocycles. The Morgan fingerprint density at radius 1 is 1.28 bits per heavy atom. The zero-order valence-electron chi connectivity index (χ0n) is 9.73. The summed E-state index contributed by atoms with van der Waals surface area (Å²) < 4.78 is 29.0. The summed E-state index contributed by atoms with van der Waals surface area (Å²) in [6, 6.07) is 3.02. The Balaban J connectivity index is 1.97. The van der Waals surface area contributed by atoms with Gasteiger partial charge in [-0.2, -0.15) is 0 Å². The number of rotatable bonds is 5. The molecule has 0 aliphatic carbocycles. The Bertz CT molecular complexity index is 515. The fraction of sp³-hybridized carbons (Fsp3) is 0.364. The van der Waals surface area contributed by atoms with Crippen molar-refractivity contribution >= 4 is 5.82 Å². The molecule has 2 aromatic heterocycles. The Labute approximate surface area is 102 Å². The summed E-state index contributed by atoms with van der Waals surface area (Å²) in [6.07, 6.45) is -0.386. The molecule has 0 radical (unpaired) electrons. The molecule has 5 nitrogen and oxygen atoms in total.